The topological polar surface area (TPSA) is 15.3 Å². The Morgan fingerprint density at radius 2 is 1.95 bits per heavy atom. The summed E-state index contributed by atoms with van der Waals surface area (Å²) < 4.78 is 0. The summed E-state index contributed by atoms with van der Waals surface area (Å²) in [6.07, 6.45) is 6.28. The van der Waals surface area contributed by atoms with Crippen molar-refractivity contribution in [3.8, 4) is 0 Å². The predicted octanol–water partition coefficient (Wildman–Crippen LogP) is 3.77. The second-order valence-electron chi connectivity index (χ2n) is 6.06. The molecule has 112 valence electrons. The minimum absolute atomic E-state index is 0.458. The first-order valence-corrected chi connectivity index (χ1v) is 8.19. The van der Waals surface area contributed by atoms with E-state index in [4.69, 9.17) is 0 Å². The van der Waals surface area contributed by atoms with Crippen molar-refractivity contribution >= 4 is 0 Å². The van der Waals surface area contributed by atoms with Crippen LogP contribution < -0.4 is 5.32 Å². The maximum Gasteiger partial charge on any atom is 0.0478 e. The van der Waals surface area contributed by atoms with Crippen LogP contribution in [-0.4, -0.2) is 31.1 Å². The molecule has 0 aliphatic heterocycles. The molecule has 1 N–H and O–H groups in total. The summed E-state index contributed by atoms with van der Waals surface area (Å²) in [6.45, 7) is 4.62. The van der Waals surface area contributed by atoms with E-state index in [1.54, 1.807) is 0 Å². The third-order valence-corrected chi connectivity index (χ3v) is 5.07. The van der Waals surface area contributed by atoms with Gasteiger partial charge in [0.15, 0.2) is 0 Å². The highest BCUT2D eigenvalue weighted by Crippen LogP contribution is 2.32. The van der Waals surface area contributed by atoms with Crippen LogP contribution in [0.5, 0.6) is 0 Å². The number of nitrogens with one attached hydrogen (secondary N) is 1. The van der Waals surface area contributed by atoms with Crippen LogP contribution in [0, 0.1) is 0 Å². The average Bonchev–Trinajstić information content (AvgIpc) is 2.67. The zero-order valence-corrected chi connectivity index (χ0v) is 13.5. The fourth-order valence-electron chi connectivity index (χ4n) is 3.86. The Balaban J connectivity index is 2.29. The molecule has 0 saturated heterocycles. The summed E-state index contributed by atoms with van der Waals surface area (Å²) in [5, 5.41) is 3.59. The van der Waals surface area contributed by atoms with Gasteiger partial charge < -0.3 is 5.32 Å². The summed E-state index contributed by atoms with van der Waals surface area (Å²) in [5.74, 6) is 0. The van der Waals surface area contributed by atoms with Crippen LogP contribution in [0.15, 0.2) is 24.3 Å². The molecule has 0 fully saturated rings. The van der Waals surface area contributed by atoms with E-state index < -0.39 is 0 Å². The lowest BCUT2D eigenvalue weighted by atomic mass is 9.94. The number of fused-ring (bicyclic) bond motifs is 1. The SMILES string of the molecule is CCC(CC)N(C)C1CCCc2ccccc2C1NC. The van der Waals surface area contributed by atoms with Gasteiger partial charge >= 0.3 is 0 Å². The lowest BCUT2D eigenvalue weighted by Crippen LogP contribution is -2.46. The van der Waals surface area contributed by atoms with Crippen LogP contribution in [0.4, 0.5) is 0 Å². The van der Waals surface area contributed by atoms with Gasteiger partial charge in [-0.1, -0.05) is 38.1 Å². The van der Waals surface area contributed by atoms with Crippen molar-refractivity contribution in [3.05, 3.63) is 35.4 Å². The van der Waals surface area contributed by atoms with E-state index in [1.807, 2.05) is 0 Å². The molecule has 0 spiro atoms. The lowest BCUT2D eigenvalue weighted by molar-refractivity contribution is 0.126. The standard InChI is InChI=1S/C18H30N2/c1-5-15(6-2)20(4)17-13-9-11-14-10-7-8-12-16(14)18(17)19-3/h7-8,10,12,15,17-19H,5-6,9,11,13H2,1-4H3. The van der Waals surface area contributed by atoms with E-state index >= 15 is 0 Å². The predicted molar refractivity (Wildman–Crippen MR) is 87.1 cm³/mol. The Morgan fingerprint density at radius 1 is 1.25 bits per heavy atom. The number of benzene rings is 1. The number of rotatable bonds is 5. The van der Waals surface area contributed by atoms with Crippen molar-refractivity contribution in [1.82, 2.24) is 10.2 Å². The average molecular weight is 274 g/mol. The van der Waals surface area contributed by atoms with Crippen LogP contribution >= 0.6 is 0 Å². The molecule has 0 bridgehead atoms. The van der Waals surface area contributed by atoms with Gasteiger partial charge in [-0.15, -0.1) is 0 Å². The van der Waals surface area contributed by atoms with Gasteiger partial charge in [0.05, 0.1) is 0 Å². The number of nitrogens with zero attached hydrogens (tertiary/aromatic N) is 1. The first-order chi connectivity index (χ1) is 9.72. The second kappa shape index (κ2) is 7.24. The quantitative estimate of drug-likeness (QED) is 0.822. The Morgan fingerprint density at radius 3 is 2.60 bits per heavy atom. The number of likely N-dealkylation sites (N-methyl/N-ethyl adjacent to an activating group) is 2. The van der Waals surface area contributed by atoms with Gasteiger partial charge in [-0.05, 0) is 57.3 Å². The molecule has 1 aromatic rings. The molecule has 1 aromatic carbocycles. The highest BCUT2D eigenvalue weighted by atomic mass is 15.2. The molecular weight excluding hydrogens is 244 g/mol. The summed E-state index contributed by atoms with van der Waals surface area (Å²) in [6, 6.07) is 10.7. The maximum atomic E-state index is 3.59. The maximum absolute atomic E-state index is 3.59. The number of aryl methyl sites for hydroxylation is 1. The second-order valence-corrected chi connectivity index (χ2v) is 6.06. The summed E-state index contributed by atoms with van der Waals surface area (Å²) in [4.78, 5) is 2.63. The molecule has 2 unspecified atom stereocenters. The fraction of sp³-hybridized carbons (Fsp3) is 0.667. The van der Waals surface area contributed by atoms with E-state index in [-0.39, 0.29) is 0 Å². The molecule has 0 radical (unpaired) electrons. The Kier molecular flexibility index (Phi) is 5.62. The van der Waals surface area contributed by atoms with Gasteiger partial charge in [-0.2, -0.15) is 0 Å². The Labute approximate surface area is 124 Å². The molecule has 1 aliphatic rings. The molecular formula is C18H30N2. The zero-order chi connectivity index (χ0) is 14.5. The van der Waals surface area contributed by atoms with Gasteiger partial charge in [0, 0.05) is 18.1 Å². The monoisotopic (exact) mass is 274 g/mol. The minimum Gasteiger partial charge on any atom is -0.312 e. The van der Waals surface area contributed by atoms with Crippen LogP contribution in [0.2, 0.25) is 0 Å². The normalized spacial score (nSPS) is 22.9. The fourth-order valence-corrected chi connectivity index (χ4v) is 3.86. The van der Waals surface area contributed by atoms with E-state index in [9.17, 15) is 0 Å². The summed E-state index contributed by atoms with van der Waals surface area (Å²) in [5.41, 5.74) is 3.04. The lowest BCUT2D eigenvalue weighted by Gasteiger charge is -2.38. The van der Waals surface area contributed by atoms with Gasteiger partial charge in [0.2, 0.25) is 0 Å². The molecule has 0 saturated carbocycles. The van der Waals surface area contributed by atoms with Crippen molar-refractivity contribution in [3.63, 3.8) is 0 Å². The Bertz CT molecular complexity index is 412. The van der Waals surface area contributed by atoms with Crippen LogP contribution in [0.25, 0.3) is 0 Å². The third-order valence-electron chi connectivity index (χ3n) is 5.07. The third kappa shape index (κ3) is 3.07. The van der Waals surface area contributed by atoms with Gasteiger partial charge in [0.25, 0.3) is 0 Å². The molecule has 2 atom stereocenters. The van der Waals surface area contributed by atoms with E-state index in [2.05, 4.69) is 62.4 Å². The minimum atomic E-state index is 0.458. The largest absolute Gasteiger partial charge is 0.312 e. The molecule has 2 rings (SSSR count). The number of hydrogen-bond donors (Lipinski definition) is 1. The van der Waals surface area contributed by atoms with Crippen LogP contribution in [0.1, 0.15) is 56.7 Å². The molecule has 2 heteroatoms. The van der Waals surface area contributed by atoms with E-state index in [1.165, 1.54) is 43.2 Å². The van der Waals surface area contributed by atoms with Crippen molar-refractivity contribution in [2.75, 3.05) is 14.1 Å². The van der Waals surface area contributed by atoms with Crippen molar-refractivity contribution < 1.29 is 0 Å². The smallest absolute Gasteiger partial charge is 0.0478 e. The molecule has 2 nitrogen and oxygen atoms in total. The van der Waals surface area contributed by atoms with Gasteiger partial charge in [-0.25, -0.2) is 0 Å². The molecule has 20 heavy (non-hydrogen) atoms. The molecule has 0 heterocycles. The first kappa shape index (κ1) is 15.5. The van der Waals surface area contributed by atoms with Crippen molar-refractivity contribution in [2.45, 2.75) is 64.1 Å². The number of hydrogen-bond acceptors (Lipinski definition) is 2. The molecule has 0 aromatic heterocycles. The summed E-state index contributed by atoms with van der Waals surface area (Å²) >= 11 is 0. The van der Waals surface area contributed by atoms with Crippen molar-refractivity contribution in [1.29, 1.82) is 0 Å². The van der Waals surface area contributed by atoms with Crippen molar-refractivity contribution in [2.24, 2.45) is 0 Å². The zero-order valence-electron chi connectivity index (χ0n) is 13.5. The van der Waals surface area contributed by atoms with Gasteiger partial charge in [0.1, 0.15) is 0 Å². The van der Waals surface area contributed by atoms with E-state index in [0.717, 1.165) is 0 Å². The molecule has 0 amide bonds. The summed E-state index contributed by atoms with van der Waals surface area (Å²) in [7, 11) is 4.43. The Hall–Kier alpha value is -0.860. The van der Waals surface area contributed by atoms with Gasteiger partial charge in [-0.3, -0.25) is 4.90 Å². The highest BCUT2D eigenvalue weighted by Gasteiger charge is 2.31. The molecule has 1 aliphatic carbocycles. The highest BCUT2D eigenvalue weighted by molar-refractivity contribution is 5.32. The van der Waals surface area contributed by atoms with Crippen LogP contribution in [-0.2, 0) is 6.42 Å². The van der Waals surface area contributed by atoms with Crippen LogP contribution in [0.3, 0.4) is 0 Å². The van der Waals surface area contributed by atoms with E-state index in [0.29, 0.717) is 18.1 Å². The first-order valence-electron chi connectivity index (χ1n) is 8.19.